The molecule has 0 bridgehead atoms. The molecule has 80 valence electrons. The topological polar surface area (TPSA) is 34.1 Å². The van der Waals surface area contributed by atoms with Gasteiger partial charge in [0.2, 0.25) is 0 Å². The number of unbranched alkanes of at least 4 members (excludes halogenated alkanes) is 1. The Morgan fingerprint density at radius 2 is 2.14 bits per heavy atom. The third-order valence-corrected chi connectivity index (χ3v) is 3.01. The van der Waals surface area contributed by atoms with Crippen molar-refractivity contribution in [3.05, 3.63) is 0 Å². The van der Waals surface area contributed by atoms with Gasteiger partial charge in [0.05, 0.1) is 0 Å². The first-order valence-corrected chi connectivity index (χ1v) is 5.72. The molecule has 2 heteroatoms. The lowest BCUT2D eigenvalue weighted by Crippen LogP contribution is -2.18. The van der Waals surface area contributed by atoms with Crippen molar-refractivity contribution >= 4 is 11.6 Å². The van der Waals surface area contributed by atoms with Gasteiger partial charge in [-0.15, -0.1) is 0 Å². The van der Waals surface area contributed by atoms with Gasteiger partial charge in [-0.25, -0.2) is 0 Å². The highest BCUT2D eigenvalue weighted by molar-refractivity contribution is 5.81. The molecule has 1 rings (SSSR count). The minimum atomic E-state index is 0.264. The van der Waals surface area contributed by atoms with Crippen molar-refractivity contribution in [2.75, 3.05) is 0 Å². The second kappa shape index (κ2) is 5.94. The molecule has 0 aliphatic heterocycles. The van der Waals surface area contributed by atoms with Crippen LogP contribution in [-0.2, 0) is 9.59 Å². The average Bonchev–Trinajstić information content (AvgIpc) is 2.15. The number of carbonyl (C=O) groups excluding carboxylic acids is 2. The van der Waals surface area contributed by atoms with Crippen LogP contribution in [0, 0.1) is 5.92 Å². The van der Waals surface area contributed by atoms with Gasteiger partial charge in [-0.2, -0.15) is 0 Å². The molecule has 2 nitrogen and oxygen atoms in total. The number of carbonyl (C=O) groups is 2. The fourth-order valence-corrected chi connectivity index (χ4v) is 2.13. The Balaban J connectivity index is 2.10. The molecule has 0 heterocycles. The van der Waals surface area contributed by atoms with E-state index in [4.69, 9.17) is 0 Å². The first kappa shape index (κ1) is 11.4. The van der Waals surface area contributed by atoms with Gasteiger partial charge in [0.25, 0.3) is 0 Å². The van der Waals surface area contributed by atoms with E-state index in [0.717, 1.165) is 38.5 Å². The lowest BCUT2D eigenvalue weighted by Gasteiger charge is -2.19. The molecular weight excluding hydrogens is 176 g/mol. The van der Waals surface area contributed by atoms with Gasteiger partial charge in [0.15, 0.2) is 0 Å². The van der Waals surface area contributed by atoms with Gasteiger partial charge in [-0.1, -0.05) is 12.8 Å². The van der Waals surface area contributed by atoms with Crippen LogP contribution in [0.15, 0.2) is 0 Å². The predicted octanol–water partition coefficient (Wildman–Crippen LogP) is 2.90. The van der Waals surface area contributed by atoms with Crippen molar-refractivity contribution in [3.8, 4) is 0 Å². The van der Waals surface area contributed by atoms with Gasteiger partial charge < -0.3 is 4.79 Å². The Morgan fingerprint density at radius 1 is 1.36 bits per heavy atom. The maximum Gasteiger partial charge on any atom is 0.135 e. The summed E-state index contributed by atoms with van der Waals surface area (Å²) in [5, 5.41) is 0. The molecule has 1 unspecified atom stereocenters. The number of hydrogen-bond donors (Lipinski definition) is 0. The van der Waals surface area contributed by atoms with Crippen molar-refractivity contribution in [2.45, 2.75) is 58.3 Å². The van der Waals surface area contributed by atoms with Gasteiger partial charge in [-0.3, -0.25) is 4.79 Å². The monoisotopic (exact) mass is 196 g/mol. The summed E-state index contributed by atoms with van der Waals surface area (Å²) in [5.41, 5.74) is 0. The second-order valence-corrected chi connectivity index (χ2v) is 4.36. The van der Waals surface area contributed by atoms with Gasteiger partial charge in [0, 0.05) is 18.8 Å². The second-order valence-electron chi connectivity index (χ2n) is 4.36. The summed E-state index contributed by atoms with van der Waals surface area (Å²) >= 11 is 0. The van der Waals surface area contributed by atoms with Crippen LogP contribution in [0.3, 0.4) is 0 Å². The largest absolute Gasteiger partial charge is 0.300 e. The Morgan fingerprint density at radius 3 is 2.79 bits per heavy atom. The van der Waals surface area contributed by atoms with Crippen LogP contribution in [0.4, 0.5) is 0 Å². The lowest BCUT2D eigenvalue weighted by atomic mass is 9.84. The van der Waals surface area contributed by atoms with Gasteiger partial charge >= 0.3 is 0 Å². The van der Waals surface area contributed by atoms with Crippen LogP contribution >= 0.6 is 0 Å². The maximum absolute atomic E-state index is 11.5. The third-order valence-electron chi connectivity index (χ3n) is 3.01. The fourth-order valence-electron chi connectivity index (χ4n) is 2.13. The van der Waals surface area contributed by atoms with Crippen LogP contribution in [0.5, 0.6) is 0 Å². The first-order chi connectivity index (χ1) is 6.70. The average molecular weight is 196 g/mol. The Labute approximate surface area is 86.1 Å². The zero-order chi connectivity index (χ0) is 10.4. The zero-order valence-electron chi connectivity index (χ0n) is 9.05. The van der Waals surface area contributed by atoms with Crippen LogP contribution in [0.25, 0.3) is 0 Å². The molecule has 0 N–H and O–H groups in total. The zero-order valence-corrected chi connectivity index (χ0v) is 9.05. The van der Waals surface area contributed by atoms with Gasteiger partial charge in [-0.05, 0) is 32.6 Å². The first-order valence-electron chi connectivity index (χ1n) is 5.72. The molecule has 1 atom stereocenters. The molecule has 1 saturated carbocycles. The molecule has 1 fully saturated rings. The summed E-state index contributed by atoms with van der Waals surface area (Å²) < 4.78 is 0. The quantitative estimate of drug-likeness (QED) is 0.633. The van der Waals surface area contributed by atoms with Crippen LogP contribution in [0.2, 0.25) is 0 Å². The van der Waals surface area contributed by atoms with Crippen LogP contribution in [0.1, 0.15) is 58.3 Å². The number of Topliss-reactive ketones (excluding diaryl/α,β-unsaturated/α-hetero) is 2. The molecule has 1 aliphatic carbocycles. The van der Waals surface area contributed by atoms with E-state index in [1.165, 1.54) is 6.42 Å². The molecule has 0 spiro atoms. The highest BCUT2D eigenvalue weighted by atomic mass is 16.1. The van der Waals surface area contributed by atoms with E-state index in [9.17, 15) is 9.59 Å². The molecule has 0 amide bonds. The number of ketones is 2. The molecule has 0 saturated heterocycles. The molecular formula is C12H20O2. The summed E-state index contributed by atoms with van der Waals surface area (Å²) in [6, 6.07) is 0. The van der Waals surface area contributed by atoms with Crippen molar-refractivity contribution in [1.29, 1.82) is 0 Å². The van der Waals surface area contributed by atoms with E-state index in [0.29, 0.717) is 18.1 Å². The minimum Gasteiger partial charge on any atom is -0.300 e. The number of hydrogen-bond acceptors (Lipinski definition) is 2. The highest BCUT2D eigenvalue weighted by Gasteiger charge is 2.21. The molecule has 1 aliphatic rings. The van der Waals surface area contributed by atoms with E-state index in [2.05, 4.69) is 0 Å². The van der Waals surface area contributed by atoms with Crippen LogP contribution < -0.4 is 0 Å². The minimum absolute atomic E-state index is 0.264. The van der Waals surface area contributed by atoms with E-state index < -0.39 is 0 Å². The lowest BCUT2D eigenvalue weighted by molar-refractivity contribution is -0.124. The van der Waals surface area contributed by atoms with Crippen molar-refractivity contribution in [1.82, 2.24) is 0 Å². The Kier molecular flexibility index (Phi) is 4.85. The van der Waals surface area contributed by atoms with E-state index in [1.54, 1.807) is 6.92 Å². The maximum atomic E-state index is 11.5. The van der Waals surface area contributed by atoms with Crippen molar-refractivity contribution < 1.29 is 9.59 Å². The molecule has 14 heavy (non-hydrogen) atoms. The summed E-state index contributed by atoms with van der Waals surface area (Å²) in [6.45, 7) is 1.63. The van der Waals surface area contributed by atoms with Gasteiger partial charge in [0.1, 0.15) is 11.6 Å². The normalized spacial score (nSPS) is 22.4. The summed E-state index contributed by atoms with van der Waals surface area (Å²) in [4.78, 5) is 22.1. The molecule has 0 aromatic heterocycles. The van der Waals surface area contributed by atoms with Crippen molar-refractivity contribution in [3.63, 3.8) is 0 Å². The Bertz CT molecular complexity index is 208. The fraction of sp³-hybridized carbons (Fsp3) is 0.833. The highest BCUT2D eigenvalue weighted by Crippen LogP contribution is 2.25. The predicted molar refractivity (Wildman–Crippen MR) is 56.1 cm³/mol. The van der Waals surface area contributed by atoms with Crippen LogP contribution in [-0.4, -0.2) is 11.6 Å². The van der Waals surface area contributed by atoms with Crippen molar-refractivity contribution in [2.24, 2.45) is 5.92 Å². The van der Waals surface area contributed by atoms with E-state index in [-0.39, 0.29) is 5.78 Å². The van der Waals surface area contributed by atoms with E-state index >= 15 is 0 Å². The molecule has 0 radical (unpaired) electrons. The summed E-state index contributed by atoms with van der Waals surface area (Å²) in [7, 11) is 0. The molecule has 0 aromatic carbocycles. The molecule has 0 aromatic rings. The SMILES string of the molecule is CC(=O)CCCCC1CCCCC1=O. The smallest absolute Gasteiger partial charge is 0.135 e. The third kappa shape index (κ3) is 4.03. The summed E-state index contributed by atoms with van der Waals surface area (Å²) in [5.74, 6) is 1.04. The van der Waals surface area contributed by atoms with E-state index in [1.807, 2.05) is 0 Å². The standard InChI is InChI=1S/C12H20O2/c1-10(13)6-2-3-7-11-8-4-5-9-12(11)14/h11H,2-9H2,1H3. The number of rotatable bonds is 5. The summed E-state index contributed by atoms with van der Waals surface area (Å²) in [6.07, 6.45) is 7.85. The Hall–Kier alpha value is -0.660.